The quantitative estimate of drug-likeness (QED) is 0.617. The fourth-order valence-corrected chi connectivity index (χ4v) is 1.10. The molecule has 1 aliphatic rings. The van der Waals surface area contributed by atoms with Crippen molar-refractivity contribution in [3.8, 4) is 11.5 Å². The molecule has 1 aromatic rings. The Hall–Kier alpha value is -1.25. The molecule has 0 aromatic heterocycles. The van der Waals surface area contributed by atoms with Crippen LogP contribution in [0, 0.1) is 12.7 Å². The van der Waals surface area contributed by atoms with E-state index < -0.39 is 0 Å². The van der Waals surface area contributed by atoms with Crippen molar-refractivity contribution < 1.29 is 13.9 Å². The number of fused-ring (bicyclic) bond motifs is 1. The highest BCUT2D eigenvalue weighted by atomic mass is 19.1. The summed E-state index contributed by atoms with van der Waals surface area (Å²) < 4.78 is 22.8. The number of hydrogen-bond donors (Lipinski definition) is 0. The Balaban J connectivity index is 0.000000396. The molecule has 2 nitrogen and oxygen atoms in total. The van der Waals surface area contributed by atoms with Crippen LogP contribution in [0.1, 0.15) is 19.4 Å². The van der Waals surface area contributed by atoms with Crippen LogP contribution >= 0.6 is 0 Å². The summed E-state index contributed by atoms with van der Waals surface area (Å²) in [6, 6.07) is 3.05. The number of benzene rings is 1. The van der Waals surface area contributed by atoms with Crippen molar-refractivity contribution in [3.63, 3.8) is 0 Å². The molecule has 0 N–H and O–H groups in total. The van der Waals surface area contributed by atoms with Crippen molar-refractivity contribution in [2.24, 2.45) is 0 Å². The fourth-order valence-electron chi connectivity index (χ4n) is 1.10. The van der Waals surface area contributed by atoms with Gasteiger partial charge >= 0.3 is 0 Å². The molecular weight excluding hydrogens is 171 g/mol. The second-order valence-electron chi connectivity index (χ2n) is 2.43. The maximum Gasteiger partial charge on any atom is 0.231 e. The Labute approximate surface area is 77.3 Å². The molecule has 3 heteroatoms. The molecule has 0 amide bonds. The van der Waals surface area contributed by atoms with Gasteiger partial charge in [-0.15, -0.1) is 0 Å². The van der Waals surface area contributed by atoms with Crippen LogP contribution in [0.3, 0.4) is 0 Å². The second-order valence-corrected chi connectivity index (χ2v) is 2.43. The molecule has 0 saturated carbocycles. The molecular formula is C10H13FO2. The maximum absolute atomic E-state index is 12.9. The van der Waals surface area contributed by atoms with E-state index in [-0.39, 0.29) is 18.4 Å². The summed E-state index contributed by atoms with van der Waals surface area (Å²) in [7, 11) is 0. The van der Waals surface area contributed by atoms with Crippen LogP contribution in [0.4, 0.5) is 4.39 Å². The van der Waals surface area contributed by atoms with Crippen molar-refractivity contribution in [1.82, 2.24) is 0 Å². The van der Waals surface area contributed by atoms with Crippen LogP contribution in [0.25, 0.3) is 0 Å². The molecule has 0 spiro atoms. The van der Waals surface area contributed by atoms with E-state index in [1.54, 1.807) is 6.07 Å². The van der Waals surface area contributed by atoms with Crippen LogP contribution in [0.15, 0.2) is 12.1 Å². The van der Waals surface area contributed by atoms with Crippen LogP contribution < -0.4 is 9.47 Å². The summed E-state index contributed by atoms with van der Waals surface area (Å²) in [5.41, 5.74) is 0.902. The Bertz CT molecular complexity index is 268. The number of aryl methyl sites for hydroxylation is 1. The lowest BCUT2D eigenvalue weighted by atomic mass is 10.2. The molecule has 0 atom stereocenters. The molecule has 72 valence electrons. The summed E-state index contributed by atoms with van der Waals surface area (Å²) in [6.45, 7) is 5.98. The fraction of sp³-hybridized carbons (Fsp3) is 0.400. The highest BCUT2D eigenvalue weighted by Crippen LogP contribution is 2.37. The van der Waals surface area contributed by atoms with Crippen LogP contribution in [0.5, 0.6) is 11.5 Å². The molecule has 0 radical (unpaired) electrons. The summed E-state index contributed by atoms with van der Waals surface area (Å²) in [6.07, 6.45) is 0. The molecule has 1 aromatic carbocycles. The first-order valence-electron chi connectivity index (χ1n) is 4.34. The van der Waals surface area contributed by atoms with E-state index in [2.05, 4.69) is 0 Å². The molecule has 0 fully saturated rings. The lowest BCUT2D eigenvalue weighted by Crippen LogP contribution is -1.93. The van der Waals surface area contributed by atoms with Gasteiger partial charge < -0.3 is 9.47 Å². The van der Waals surface area contributed by atoms with Gasteiger partial charge in [-0.2, -0.15) is 0 Å². The Morgan fingerprint density at radius 2 is 1.77 bits per heavy atom. The largest absolute Gasteiger partial charge is 0.453 e. The van der Waals surface area contributed by atoms with E-state index in [0.29, 0.717) is 5.75 Å². The van der Waals surface area contributed by atoms with Crippen molar-refractivity contribution in [2.45, 2.75) is 20.8 Å². The van der Waals surface area contributed by atoms with E-state index >= 15 is 0 Å². The Kier molecular flexibility index (Phi) is 3.12. The van der Waals surface area contributed by atoms with Crippen molar-refractivity contribution in [1.29, 1.82) is 0 Å². The van der Waals surface area contributed by atoms with Gasteiger partial charge in [-0.25, -0.2) is 4.39 Å². The van der Waals surface area contributed by atoms with Gasteiger partial charge in [-0.1, -0.05) is 19.9 Å². The van der Waals surface area contributed by atoms with Crippen molar-refractivity contribution >= 4 is 0 Å². The van der Waals surface area contributed by atoms with Crippen LogP contribution in [-0.4, -0.2) is 6.79 Å². The molecule has 1 aliphatic heterocycles. The number of hydrogen-bond acceptors (Lipinski definition) is 2. The highest BCUT2D eigenvalue weighted by molar-refractivity contribution is 5.48. The Morgan fingerprint density at radius 3 is 2.38 bits per heavy atom. The van der Waals surface area contributed by atoms with Gasteiger partial charge in [0.15, 0.2) is 11.6 Å². The first kappa shape index (κ1) is 9.84. The molecule has 0 saturated heterocycles. The standard InChI is InChI=1S/C8H7FO2.C2H6/c1-5-2-3-6(9)8-7(5)10-4-11-8;1-2/h2-3H,4H2,1H3;1-2H3. The van der Waals surface area contributed by atoms with Gasteiger partial charge in [0.1, 0.15) is 0 Å². The minimum Gasteiger partial charge on any atom is -0.453 e. The topological polar surface area (TPSA) is 18.5 Å². The second kappa shape index (κ2) is 4.12. The maximum atomic E-state index is 12.9. The van der Waals surface area contributed by atoms with Gasteiger partial charge in [0.2, 0.25) is 12.5 Å². The first-order valence-corrected chi connectivity index (χ1v) is 4.34. The molecule has 13 heavy (non-hydrogen) atoms. The van der Waals surface area contributed by atoms with E-state index in [0.717, 1.165) is 5.56 Å². The summed E-state index contributed by atoms with van der Waals surface area (Å²) in [5, 5.41) is 0. The summed E-state index contributed by atoms with van der Waals surface area (Å²) in [4.78, 5) is 0. The molecule has 1 heterocycles. The third-order valence-corrected chi connectivity index (χ3v) is 1.67. The predicted molar refractivity (Wildman–Crippen MR) is 48.6 cm³/mol. The number of ether oxygens (including phenoxy) is 2. The molecule has 0 bridgehead atoms. The zero-order valence-electron chi connectivity index (χ0n) is 8.06. The van der Waals surface area contributed by atoms with Gasteiger partial charge in [0.25, 0.3) is 0 Å². The molecule has 0 unspecified atom stereocenters. The van der Waals surface area contributed by atoms with Gasteiger partial charge in [-0.3, -0.25) is 0 Å². The zero-order valence-corrected chi connectivity index (χ0v) is 8.06. The molecule has 0 aliphatic carbocycles. The van der Waals surface area contributed by atoms with Gasteiger partial charge in [0.05, 0.1) is 0 Å². The third kappa shape index (κ3) is 1.74. The van der Waals surface area contributed by atoms with Crippen LogP contribution in [-0.2, 0) is 0 Å². The third-order valence-electron chi connectivity index (χ3n) is 1.67. The zero-order chi connectivity index (χ0) is 9.84. The monoisotopic (exact) mass is 184 g/mol. The van der Waals surface area contributed by atoms with E-state index in [1.165, 1.54) is 6.07 Å². The van der Waals surface area contributed by atoms with E-state index in [4.69, 9.17) is 9.47 Å². The minimum absolute atomic E-state index is 0.122. The summed E-state index contributed by atoms with van der Waals surface area (Å²) in [5.74, 6) is 0.415. The Morgan fingerprint density at radius 1 is 1.15 bits per heavy atom. The minimum atomic E-state index is -0.358. The first-order chi connectivity index (χ1) is 6.29. The average molecular weight is 184 g/mol. The number of halogens is 1. The molecule has 2 rings (SSSR count). The predicted octanol–water partition coefficient (Wildman–Crippen LogP) is 2.89. The number of rotatable bonds is 0. The van der Waals surface area contributed by atoms with Gasteiger partial charge in [0, 0.05) is 0 Å². The van der Waals surface area contributed by atoms with Crippen molar-refractivity contribution in [3.05, 3.63) is 23.5 Å². The SMILES string of the molecule is CC.Cc1ccc(F)c2c1OCO2. The van der Waals surface area contributed by atoms with E-state index in [9.17, 15) is 4.39 Å². The highest BCUT2D eigenvalue weighted by Gasteiger charge is 2.19. The lowest BCUT2D eigenvalue weighted by molar-refractivity contribution is 0.170. The smallest absolute Gasteiger partial charge is 0.231 e. The lowest BCUT2D eigenvalue weighted by Gasteiger charge is -1.99. The van der Waals surface area contributed by atoms with Crippen LogP contribution in [0.2, 0.25) is 0 Å². The van der Waals surface area contributed by atoms with Crippen molar-refractivity contribution in [2.75, 3.05) is 6.79 Å². The average Bonchev–Trinajstić information content (AvgIpc) is 2.64. The summed E-state index contributed by atoms with van der Waals surface area (Å²) >= 11 is 0. The van der Waals surface area contributed by atoms with E-state index in [1.807, 2.05) is 20.8 Å². The van der Waals surface area contributed by atoms with Gasteiger partial charge in [-0.05, 0) is 18.6 Å². The normalized spacial score (nSPS) is 12.0.